The Kier molecular flexibility index (Phi) is 8.76. The largest absolute Gasteiger partial charge is 0.490 e. The van der Waals surface area contributed by atoms with Gasteiger partial charge < -0.3 is 27.0 Å². The molecule has 1 aromatic carbocycles. The Balaban J connectivity index is 0.000000762. The highest BCUT2D eigenvalue weighted by Gasteiger charge is 2.60. The molecule has 0 spiro atoms. The summed E-state index contributed by atoms with van der Waals surface area (Å²) in [6.07, 6.45) is -9.26. The van der Waals surface area contributed by atoms with Crippen molar-refractivity contribution < 1.29 is 50.9 Å². The molecule has 0 aliphatic carbocycles. The second-order valence-corrected chi connectivity index (χ2v) is 6.75. The number of anilines is 1. The zero-order chi connectivity index (χ0) is 27.4. The number of benzene rings is 1. The zero-order valence-electron chi connectivity index (χ0n) is 18.0. The normalized spacial score (nSPS) is 13.2. The zero-order valence-corrected chi connectivity index (χ0v) is 18.0. The topological polar surface area (TPSA) is 182 Å². The van der Waals surface area contributed by atoms with Crippen LogP contribution in [0.3, 0.4) is 0 Å². The number of halogens is 6. The first-order valence-corrected chi connectivity index (χ1v) is 9.29. The van der Waals surface area contributed by atoms with E-state index in [-0.39, 0.29) is 22.8 Å². The van der Waals surface area contributed by atoms with E-state index in [1.807, 2.05) is 0 Å². The van der Waals surface area contributed by atoms with E-state index in [0.717, 1.165) is 12.1 Å². The molecule has 10 nitrogen and oxygen atoms in total. The van der Waals surface area contributed by atoms with Crippen LogP contribution >= 0.6 is 0 Å². The summed E-state index contributed by atoms with van der Waals surface area (Å²) in [4.78, 5) is 40.3. The minimum atomic E-state index is -5.34. The monoisotopic (exact) mass is 511 g/mol. The van der Waals surface area contributed by atoms with Gasteiger partial charge >= 0.3 is 18.3 Å². The van der Waals surface area contributed by atoms with E-state index in [0.29, 0.717) is 12.1 Å². The predicted octanol–water partition coefficient (Wildman–Crippen LogP) is 1.65. The lowest BCUT2D eigenvalue weighted by atomic mass is 9.89. The van der Waals surface area contributed by atoms with Gasteiger partial charge in [-0.2, -0.15) is 26.3 Å². The van der Waals surface area contributed by atoms with Gasteiger partial charge in [-0.3, -0.25) is 9.59 Å². The number of hydrogen-bond donors (Lipinski definition) is 5. The van der Waals surface area contributed by atoms with E-state index < -0.39 is 41.3 Å². The second kappa shape index (κ2) is 10.5. The molecule has 16 heteroatoms. The third kappa shape index (κ3) is 6.56. The summed E-state index contributed by atoms with van der Waals surface area (Å²) in [7, 11) is 0. The number of aromatic nitrogens is 2. The maximum Gasteiger partial charge on any atom is 0.490 e. The molecule has 2 rings (SSSR count). The number of hydrogen-bond acceptors (Lipinski definition) is 7. The highest BCUT2D eigenvalue weighted by atomic mass is 19.4. The van der Waals surface area contributed by atoms with Crippen molar-refractivity contribution in [1.82, 2.24) is 15.3 Å². The maximum absolute atomic E-state index is 13.3. The lowest BCUT2D eigenvalue weighted by Gasteiger charge is -2.28. The number of nitrogens with zero attached hydrogens (tertiary/aromatic N) is 2. The molecule has 2 aromatic rings. The molecule has 1 atom stereocenters. The van der Waals surface area contributed by atoms with Crippen molar-refractivity contribution in [3.05, 3.63) is 41.2 Å². The van der Waals surface area contributed by atoms with Crippen LogP contribution in [0.15, 0.2) is 24.4 Å². The number of carboxylic acids is 1. The number of amides is 2. The third-order valence-corrected chi connectivity index (χ3v) is 4.29. The van der Waals surface area contributed by atoms with Gasteiger partial charge in [0.05, 0.1) is 11.9 Å². The first kappa shape index (κ1) is 29.1. The highest BCUT2D eigenvalue weighted by molar-refractivity contribution is 5.96. The lowest BCUT2D eigenvalue weighted by molar-refractivity contribution is -0.255. The van der Waals surface area contributed by atoms with Crippen molar-refractivity contribution in [2.24, 2.45) is 5.73 Å². The first-order chi connectivity index (χ1) is 15.9. The maximum atomic E-state index is 13.3. The number of carboxylic acid groups (broad SMARTS) is 1. The van der Waals surface area contributed by atoms with E-state index in [1.165, 1.54) is 12.3 Å². The molecule has 0 radical (unpaired) electrons. The summed E-state index contributed by atoms with van der Waals surface area (Å²) in [5.74, 6) is -5.49. The van der Waals surface area contributed by atoms with Crippen molar-refractivity contribution >= 4 is 23.6 Å². The van der Waals surface area contributed by atoms with Gasteiger partial charge in [0, 0.05) is 17.7 Å². The summed E-state index contributed by atoms with van der Waals surface area (Å²) in [5.41, 5.74) is 6.19. The minimum absolute atomic E-state index is 0.0313. The Morgan fingerprint density at radius 2 is 1.66 bits per heavy atom. The Bertz CT molecular complexity index is 1120. The number of aliphatic carboxylic acids is 1. The first-order valence-electron chi connectivity index (χ1n) is 9.29. The average molecular weight is 511 g/mol. The second-order valence-electron chi connectivity index (χ2n) is 6.75. The summed E-state index contributed by atoms with van der Waals surface area (Å²) >= 11 is 0. The van der Waals surface area contributed by atoms with Gasteiger partial charge in [-0.25, -0.2) is 14.8 Å². The molecule has 192 valence electrons. The number of aryl methyl sites for hydroxylation is 1. The molecule has 0 aliphatic heterocycles. The van der Waals surface area contributed by atoms with Gasteiger partial charge in [-0.05, 0) is 25.5 Å². The molecule has 0 fully saturated rings. The van der Waals surface area contributed by atoms with Gasteiger partial charge in [0.2, 0.25) is 0 Å². The van der Waals surface area contributed by atoms with Crippen LogP contribution in [0, 0.1) is 6.92 Å². The Morgan fingerprint density at radius 3 is 2.09 bits per heavy atom. The van der Waals surface area contributed by atoms with Crippen LogP contribution in [0.2, 0.25) is 0 Å². The third-order valence-electron chi connectivity index (χ3n) is 4.29. The summed E-state index contributed by atoms with van der Waals surface area (Å²) in [6, 6.07) is 3.12. The number of rotatable bonds is 5. The number of carbonyl (C=O) groups is 3. The van der Waals surface area contributed by atoms with Crippen LogP contribution in [-0.2, 0) is 15.2 Å². The van der Waals surface area contributed by atoms with Gasteiger partial charge in [-0.1, -0.05) is 12.1 Å². The Hall–Kier alpha value is -3.95. The molecule has 1 aromatic heterocycles. The summed E-state index contributed by atoms with van der Waals surface area (Å²) in [6.45, 7) is 3.55. The predicted molar refractivity (Wildman–Crippen MR) is 107 cm³/mol. The van der Waals surface area contributed by atoms with Crippen LogP contribution in [0.5, 0.6) is 0 Å². The molecule has 1 heterocycles. The van der Waals surface area contributed by atoms with Crippen LogP contribution in [0.4, 0.5) is 32.2 Å². The number of nitrogens with two attached hydrogens (primary N) is 2. The van der Waals surface area contributed by atoms with Crippen molar-refractivity contribution in [3.63, 3.8) is 0 Å². The van der Waals surface area contributed by atoms with Crippen LogP contribution in [-0.4, -0.2) is 56.9 Å². The SMILES string of the molecule is CCNC(=O)c1nc(-c2cc(C(O)(C(N)=O)C(F)(F)F)ccc2C)cnc1N.O=C(O)C(F)(F)F. The van der Waals surface area contributed by atoms with E-state index in [9.17, 15) is 41.0 Å². The molecule has 0 saturated carbocycles. The molecule has 7 N–H and O–H groups in total. The number of alkyl halides is 6. The molecular formula is C19H19F6N5O5. The molecule has 2 amide bonds. The Labute approximate surface area is 193 Å². The van der Waals surface area contributed by atoms with Crippen molar-refractivity contribution in [3.8, 4) is 11.3 Å². The number of nitrogen functional groups attached to an aromatic ring is 1. The summed E-state index contributed by atoms with van der Waals surface area (Å²) < 4.78 is 71.7. The molecule has 0 bridgehead atoms. The lowest BCUT2D eigenvalue weighted by Crippen LogP contribution is -2.52. The fourth-order valence-corrected chi connectivity index (χ4v) is 2.51. The van der Waals surface area contributed by atoms with E-state index in [1.54, 1.807) is 13.8 Å². The number of nitrogens with one attached hydrogen (secondary N) is 1. The average Bonchev–Trinajstić information content (AvgIpc) is 2.73. The summed E-state index contributed by atoms with van der Waals surface area (Å²) in [5, 5.41) is 19.6. The number of carbonyl (C=O) groups excluding carboxylic acids is 2. The molecule has 0 aliphatic rings. The highest BCUT2D eigenvalue weighted by Crippen LogP contribution is 2.40. The number of primary amides is 1. The van der Waals surface area contributed by atoms with Gasteiger partial charge in [0.25, 0.3) is 17.4 Å². The van der Waals surface area contributed by atoms with Crippen LogP contribution < -0.4 is 16.8 Å². The minimum Gasteiger partial charge on any atom is -0.475 e. The smallest absolute Gasteiger partial charge is 0.475 e. The van der Waals surface area contributed by atoms with Crippen molar-refractivity contribution in [2.45, 2.75) is 31.8 Å². The van der Waals surface area contributed by atoms with E-state index in [4.69, 9.17) is 21.4 Å². The van der Waals surface area contributed by atoms with Crippen LogP contribution in [0.1, 0.15) is 28.5 Å². The molecular weight excluding hydrogens is 492 g/mol. The fraction of sp³-hybridized carbons (Fsp3) is 0.316. The van der Waals surface area contributed by atoms with Crippen molar-refractivity contribution in [1.29, 1.82) is 0 Å². The molecule has 0 saturated heterocycles. The van der Waals surface area contributed by atoms with E-state index >= 15 is 0 Å². The van der Waals surface area contributed by atoms with Gasteiger partial charge in [-0.15, -0.1) is 0 Å². The number of aliphatic hydroxyl groups is 1. The van der Waals surface area contributed by atoms with Crippen LogP contribution in [0.25, 0.3) is 11.3 Å². The van der Waals surface area contributed by atoms with Gasteiger partial charge in [0.15, 0.2) is 11.5 Å². The quantitative estimate of drug-likeness (QED) is 0.376. The standard InChI is InChI=1S/C17H18F3N5O3.C2HF3O2/c1-3-23-14(26)12-13(21)24-7-11(25-12)10-6-9(5-4-8(10)2)16(28,15(22)27)17(18,19)20;3-2(4,5)1(6)7/h4-7,28H,3H2,1-2H3,(H2,21,24)(H2,22,27)(H,23,26);(H,6,7). The molecule has 35 heavy (non-hydrogen) atoms. The van der Waals surface area contributed by atoms with Gasteiger partial charge in [0.1, 0.15) is 0 Å². The van der Waals surface area contributed by atoms with Crippen molar-refractivity contribution in [2.75, 3.05) is 12.3 Å². The van der Waals surface area contributed by atoms with E-state index in [2.05, 4.69) is 15.3 Å². The fourth-order valence-electron chi connectivity index (χ4n) is 2.51. The Morgan fingerprint density at radius 1 is 1.11 bits per heavy atom. The molecule has 1 unspecified atom stereocenters.